The van der Waals surface area contributed by atoms with Crippen LogP contribution in [0.2, 0.25) is 0 Å². The summed E-state index contributed by atoms with van der Waals surface area (Å²) in [4.78, 5) is 28.4. The zero-order valence-corrected chi connectivity index (χ0v) is 13.2. The molecule has 0 spiro atoms. The van der Waals surface area contributed by atoms with Crippen molar-refractivity contribution in [1.82, 2.24) is 15.2 Å². The molecule has 0 saturated carbocycles. The highest BCUT2D eigenvalue weighted by atomic mass is 16.2. The molecular weight excluding hydrogens is 292 g/mol. The third kappa shape index (κ3) is 3.31. The molecule has 6 nitrogen and oxygen atoms in total. The average molecular weight is 314 g/mol. The summed E-state index contributed by atoms with van der Waals surface area (Å²) >= 11 is 0. The summed E-state index contributed by atoms with van der Waals surface area (Å²) in [5.41, 5.74) is 7.46. The first-order valence-electron chi connectivity index (χ1n) is 7.97. The van der Waals surface area contributed by atoms with Crippen LogP contribution in [0.4, 0.5) is 4.79 Å². The highest BCUT2D eigenvalue weighted by Crippen LogP contribution is 2.30. The number of nitrogens with one attached hydrogen (secondary N) is 2. The van der Waals surface area contributed by atoms with Crippen LogP contribution < -0.4 is 11.1 Å². The van der Waals surface area contributed by atoms with Crippen molar-refractivity contribution in [3.8, 4) is 0 Å². The molecule has 1 aromatic heterocycles. The number of aromatic amines is 1. The number of amides is 3. The number of hydrogen-bond donors (Lipinski definition) is 3. The van der Waals surface area contributed by atoms with Crippen LogP contribution in [0.15, 0.2) is 30.3 Å². The Kier molecular flexibility index (Phi) is 4.23. The minimum atomic E-state index is -0.668. The molecule has 0 aliphatic carbocycles. The summed E-state index contributed by atoms with van der Waals surface area (Å²) in [5.74, 6) is 0.366. The quantitative estimate of drug-likeness (QED) is 0.808. The fourth-order valence-corrected chi connectivity index (χ4v) is 3.28. The molecule has 122 valence electrons. The first kappa shape index (κ1) is 15.4. The minimum absolute atomic E-state index is 0.0705. The number of H-pyrrole nitrogens is 1. The van der Waals surface area contributed by atoms with Crippen molar-refractivity contribution in [3.63, 3.8) is 0 Å². The molecule has 1 aliphatic heterocycles. The van der Waals surface area contributed by atoms with Gasteiger partial charge >= 0.3 is 6.03 Å². The number of rotatable bonds is 3. The summed E-state index contributed by atoms with van der Waals surface area (Å²) in [7, 11) is 0. The van der Waals surface area contributed by atoms with E-state index < -0.39 is 12.1 Å². The van der Waals surface area contributed by atoms with Crippen molar-refractivity contribution in [2.24, 2.45) is 5.73 Å². The molecule has 4 N–H and O–H groups in total. The maximum absolute atomic E-state index is 12.3. The summed E-state index contributed by atoms with van der Waals surface area (Å²) < 4.78 is 0. The van der Waals surface area contributed by atoms with Crippen molar-refractivity contribution in [3.05, 3.63) is 36.0 Å². The van der Waals surface area contributed by atoms with Crippen LogP contribution in [0.1, 0.15) is 31.4 Å². The first-order chi connectivity index (χ1) is 11.0. The van der Waals surface area contributed by atoms with Gasteiger partial charge in [0.15, 0.2) is 0 Å². The molecular formula is C17H22N4O2. The Morgan fingerprint density at radius 2 is 2.00 bits per heavy atom. The van der Waals surface area contributed by atoms with Crippen molar-refractivity contribution < 1.29 is 9.59 Å². The molecule has 1 saturated heterocycles. The van der Waals surface area contributed by atoms with Gasteiger partial charge < -0.3 is 20.9 Å². The fraction of sp³-hybridized carbons (Fsp3) is 0.412. The van der Waals surface area contributed by atoms with Gasteiger partial charge in [0, 0.05) is 30.2 Å². The van der Waals surface area contributed by atoms with Crippen molar-refractivity contribution in [2.75, 3.05) is 13.1 Å². The monoisotopic (exact) mass is 314 g/mol. The Bertz CT molecular complexity index is 683. The molecule has 3 rings (SSSR count). The average Bonchev–Trinajstić information content (AvgIpc) is 2.97. The van der Waals surface area contributed by atoms with Crippen LogP contribution in [0.25, 0.3) is 10.9 Å². The van der Waals surface area contributed by atoms with Gasteiger partial charge in [-0.1, -0.05) is 18.2 Å². The van der Waals surface area contributed by atoms with E-state index in [-0.39, 0.29) is 5.91 Å². The zero-order valence-electron chi connectivity index (χ0n) is 13.2. The lowest BCUT2D eigenvalue weighted by Crippen LogP contribution is -2.50. The van der Waals surface area contributed by atoms with Crippen LogP contribution in [0, 0.1) is 0 Å². The number of benzene rings is 1. The van der Waals surface area contributed by atoms with Crippen LogP contribution in [-0.2, 0) is 4.79 Å². The summed E-state index contributed by atoms with van der Waals surface area (Å²) in [6, 6.07) is 9.20. The number of nitrogens with zero attached hydrogens (tertiary/aromatic N) is 1. The van der Waals surface area contributed by atoms with Gasteiger partial charge in [-0.25, -0.2) is 4.79 Å². The number of para-hydroxylation sites is 1. The molecule has 1 atom stereocenters. The Labute approximate surface area is 135 Å². The van der Waals surface area contributed by atoms with E-state index in [1.165, 1.54) is 11.1 Å². The molecule has 23 heavy (non-hydrogen) atoms. The van der Waals surface area contributed by atoms with E-state index in [2.05, 4.69) is 28.5 Å². The molecule has 3 amide bonds. The molecule has 0 bridgehead atoms. The van der Waals surface area contributed by atoms with Crippen LogP contribution in [0.3, 0.4) is 0 Å². The molecule has 0 unspecified atom stereocenters. The summed E-state index contributed by atoms with van der Waals surface area (Å²) in [5, 5.41) is 3.66. The first-order valence-corrected chi connectivity index (χ1v) is 7.97. The summed E-state index contributed by atoms with van der Waals surface area (Å²) in [6.07, 6.45) is 1.84. The van der Waals surface area contributed by atoms with Crippen LogP contribution in [0.5, 0.6) is 0 Å². The van der Waals surface area contributed by atoms with Gasteiger partial charge in [0.1, 0.15) is 6.04 Å². The Hall–Kier alpha value is -2.50. The van der Waals surface area contributed by atoms with E-state index in [0.29, 0.717) is 19.0 Å². The lowest BCUT2D eigenvalue weighted by Gasteiger charge is -2.33. The predicted octanol–water partition coefficient (Wildman–Crippen LogP) is 1.93. The van der Waals surface area contributed by atoms with E-state index in [1.807, 2.05) is 12.1 Å². The maximum atomic E-state index is 12.3. The molecule has 1 fully saturated rings. The number of aromatic nitrogens is 1. The number of piperidine rings is 1. The second-order valence-corrected chi connectivity index (χ2v) is 6.14. The third-order valence-electron chi connectivity index (χ3n) is 4.53. The fourth-order valence-electron chi connectivity index (χ4n) is 3.28. The van der Waals surface area contributed by atoms with E-state index in [1.54, 1.807) is 11.8 Å². The van der Waals surface area contributed by atoms with Gasteiger partial charge in [0.05, 0.1) is 0 Å². The predicted molar refractivity (Wildman–Crippen MR) is 89.0 cm³/mol. The van der Waals surface area contributed by atoms with Gasteiger partial charge in [-0.3, -0.25) is 4.79 Å². The van der Waals surface area contributed by atoms with Gasteiger partial charge in [-0.05, 0) is 37.3 Å². The number of carbonyl (C=O) groups excluding carboxylic acids is 2. The van der Waals surface area contributed by atoms with Crippen molar-refractivity contribution in [1.29, 1.82) is 0 Å². The molecule has 0 radical (unpaired) electrons. The Balaban J connectivity index is 1.61. The van der Waals surface area contributed by atoms with Crippen molar-refractivity contribution in [2.45, 2.75) is 31.7 Å². The third-order valence-corrected chi connectivity index (χ3v) is 4.53. The number of hydrogen-bond acceptors (Lipinski definition) is 2. The van der Waals surface area contributed by atoms with Gasteiger partial charge in [0.25, 0.3) is 0 Å². The van der Waals surface area contributed by atoms with Gasteiger partial charge in [0.2, 0.25) is 5.91 Å². The highest BCUT2D eigenvalue weighted by Gasteiger charge is 2.27. The smallest absolute Gasteiger partial charge is 0.312 e. The van der Waals surface area contributed by atoms with E-state index in [9.17, 15) is 9.59 Å². The molecule has 2 aromatic rings. The largest absolute Gasteiger partial charge is 0.358 e. The second-order valence-electron chi connectivity index (χ2n) is 6.14. The number of likely N-dealkylation sites (tertiary alicyclic amines) is 1. The number of nitrogens with two attached hydrogens (primary N) is 1. The van der Waals surface area contributed by atoms with E-state index >= 15 is 0 Å². The lowest BCUT2D eigenvalue weighted by atomic mass is 9.93. The highest BCUT2D eigenvalue weighted by molar-refractivity contribution is 5.86. The number of carbonyl (C=O) groups is 2. The zero-order chi connectivity index (χ0) is 16.4. The van der Waals surface area contributed by atoms with E-state index in [4.69, 9.17) is 5.73 Å². The SMILES string of the molecule is C[C@H](NC(N)=O)C(=O)N1CCC(c2cc3ccccc3[nH]2)CC1. The molecule has 1 aliphatic rings. The molecule has 2 heterocycles. The van der Waals surface area contributed by atoms with Crippen LogP contribution in [-0.4, -0.2) is 41.0 Å². The van der Waals surface area contributed by atoms with Crippen molar-refractivity contribution >= 4 is 22.8 Å². The number of fused-ring (bicyclic) bond motifs is 1. The second kappa shape index (κ2) is 6.32. The molecule has 6 heteroatoms. The number of urea groups is 1. The molecule has 1 aromatic carbocycles. The van der Waals surface area contributed by atoms with E-state index in [0.717, 1.165) is 18.4 Å². The van der Waals surface area contributed by atoms with Crippen LogP contribution >= 0.6 is 0 Å². The van der Waals surface area contributed by atoms with Gasteiger partial charge in [-0.15, -0.1) is 0 Å². The Morgan fingerprint density at radius 3 is 2.65 bits per heavy atom. The normalized spacial score (nSPS) is 17.2. The van der Waals surface area contributed by atoms with Gasteiger partial charge in [-0.2, -0.15) is 0 Å². The topological polar surface area (TPSA) is 91.2 Å². The maximum Gasteiger partial charge on any atom is 0.312 e. The minimum Gasteiger partial charge on any atom is -0.358 e. The number of primary amides is 1. The lowest BCUT2D eigenvalue weighted by molar-refractivity contribution is -0.133. The standard InChI is InChI=1S/C17H22N4O2/c1-11(19-17(18)23)16(22)21-8-6-12(7-9-21)15-10-13-4-2-3-5-14(13)20-15/h2-5,10-12,20H,6-9H2,1H3,(H3,18,19,23)/t11-/m0/s1. The summed E-state index contributed by atoms with van der Waals surface area (Å²) in [6.45, 7) is 3.06. The Morgan fingerprint density at radius 1 is 1.30 bits per heavy atom.